The molecule has 0 spiro atoms. The zero-order chi connectivity index (χ0) is 13.7. The molecule has 0 aliphatic rings. The average molecular weight is 582 g/mol. The molecule has 1 aromatic carbocycles. The number of hydrogen-bond acceptors (Lipinski definition) is 3. The predicted octanol–water partition coefficient (Wildman–Crippen LogP) is 3.54. The second-order valence-electron chi connectivity index (χ2n) is 3.47. The van der Waals surface area contributed by atoms with Gasteiger partial charge in [0.2, 0.25) is 0 Å². The third kappa shape index (κ3) is 4.22. The molecular weight excluding hydrogens is 573 g/mol. The Kier molecular flexibility index (Phi) is 7.21. The largest absolute Gasteiger partial charge is 0.293 e. The van der Waals surface area contributed by atoms with Crippen LogP contribution in [0, 0.1) is 0 Å². The first-order valence-corrected chi connectivity index (χ1v) is 9.53. The van der Waals surface area contributed by atoms with Gasteiger partial charge in [-0.25, -0.2) is 0 Å². The summed E-state index contributed by atoms with van der Waals surface area (Å²) in [4.78, 5) is 35.1. The molecule has 0 aliphatic carbocycles. The van der Waals surface area contributed by atoms with Crippen molar-refractivity contribution in [3.8, 4) is 0 Å². The van der Waals surface area contributed by atoms with Crippen LogP contribution in [0.1, 0.15) is 31.1 Å². The summed E-state index contributed by atoms with van der Waals surface area (Å²) >= 11 is 5.91. The number of Topliss-reactive ketones (excluding diaryl/α,β-unsaturated/α-hetero) is 3. The number of alkyl halides is 3. The summed E-state index contributed by atoms with van der Waals surface area (Å²) < 4.78 is 0.993. The molecule has 6 heteroatoms. The molecule has 0 saturated carbocycles. The van der Waals surface area contributed by atoms with E-state index in [0.717, 1.165) is 0 Å². The van der Waals surface area contributed by atoms with E-state index in [9.17, 15) is 14.4 Å². The fraction of sp³-hybridized carbons (Fsp3) is 0.250. The summed E-state index contributed by atoms with van der Waals surface area (Å²) in [5, 5.41) is 0. The van der Waals surface area contributed by atoms with Gasteiger partial charge in [-0.2, -0.15) is 0 Å². The topological polar surface area (TPSA) is 51.2 Å². The Morgan fingerprint density at radius 1 is 0.667 bits per heavy atom. The zero-order valence-electron chi connectivity index (χ0n) is 9.21. The molecular formula is C12H9I3O3. The van der Waals surface area contributed by atoms with Gasteiger partial charge in [0, 0.05) is 16.7 Å². The number of hydrogen-bond donors (Lipinski definition) is 0. The molecule has 0 bridgehead atoms. The molecule has 3 nitrogen and oxygen atoms in total. The van der Waals surface area contributed by atoms with Crippen LogP contribution in [0.3, 0.4) is 0 Å². The second kappa shape index (κ2) is 7.88. The van der Waals surface area contributed by atoms with Gasteiger partial charge in [0.25, 0.3) is 0 Å². The highest BCUT2D eigenvalue weighted by Crippen LogP contribution is 2.15. The Morgan fingerprint density at radius 2 is 0.889 bits per heavy atom. The zero-order valence-corrected chi connectivity index (χ0v) is 15.7. The highest BCUT2D eigenvalue weighted by molar-refractivity contribution is 14.1. The predicted molar refractivity (Wildman–Crippen MR) is 96.1 cm³/mol. The van der Waals surface area contributed by atoms with Crippen LogP contribution < -0.4 is 0 Å². The van der Waals surface area contributed by atoms with E-state index in [0.29, 0.717) is 30.0 Å². The molecule has 0 aliphatic heterocycles. The van der Waals surface area contributed by atoms with Crippen LogP contribution in [-0.4, -0.2) is 30.6 Å². The van der Waals surface area contributed by atoms with Gasteiger partial charge in [-0.1, -0.05) is 67.8 Å². The van der Waals surface area contributed by atoms with Crippen molar-refractivity contribution in [3.63, 3.8) is 0 Å². The highest BCUT2D eigenvalue weighted by atomic mass is 127. The Morgan fingerprint density at radius 3 is 1.06 bits per heavy atom. The molecule has 18 heavy (non-hydrogen) atoms. The first-order valence-electron chi connectivity index (χ1n) is 4.96. The van der Waals surface area contributed by atoms with E-state index >= 15 is 0 Å². The minimum atomic E-state index is -0.0683. The Bertz CT molecular complexity index is 414. The van der Waals surface area contributed by atoms with Crippen molar-refractivity contribution in [2.45, 2.75) is 0 Å². The average Bonchev–Trinajstić information content (AvgIpc) is 2.43. The molecule has 0 radical (unpaired) electrons. The SMILES string of the molecule is O=C(CI)c1cc(C(=O)CI)cc(C(=O)CI)c1. The maximum atomic E-state index is 11.7. The quantitative estimate of drug-likeness (QED) is 0.294. The van der Waals surface area contributed by atoms with Gasteiger partial charge >= 0.3 is 0 Å². The van der Waals surface area contributed by atoms with Crippen molar-refractivity contribution in [1.29, 1.82) is 0 Å². The standard InChI is InChI=1S/C12H9I3O3/c13-4-10(16)7-1-8(11(17)5-14)3-9(2-7)12(18)6-15/h1-3H,4-6H2. The second-order valence-corrected chi connectivity index (χ2v) is 5.76. The maximum Gasteiger partial charge on any atom is 0.172 e. The Hall–Kier alpha value is 0.420. The van der Waals surface area contributed by atoms with Crippen LogP contribution in [0.2, 0.25) is 0 Å². The van der Waals surface area contributed by atoms with Crippen molar-refractivity contribution in [2.24, 2.45) is 0 Å². The normalized spacial score (nSPS) is 10.2. The third-order valence-corrected chi connectivity index (χ3v) is 4.34. The lowest BCUT2D eigenvalue weighted by Gasteiger charge is -2.06. The third-order valence-electron chi connectivity index (χ3n) is 2.26. The van der Waals surface area contributed by atoms with E-state index in [-0.39, 0.29) is 17.3 Å². The van der Waals surface area contributed by atoms with E-state index in [1.807, 2.05) is 67.8 Å². The molecule has 96 valence electrons. The van der Waals surface area contributed by atoms with Crippen molar-refractivity contribution >= 4 is 85.1 Å². The molecule has 0 aromatic heterocycles. The molecule has 0 heterocycles. The monoisotopic (exact) mass is 582 g/mol. The van der Waals surface area contributed by atoms with Gasteiger partial charge in [-0.15, -0.1) is 0 Å². The minimum Gasteiger partial charge on any atom is -0.293 e. The van der Waals surface area contributed by atoms with E-state index in [1.165, 1.54) is 0 Å². The fourth-order valence-electron chi connectivity index (χ4n) is 1.34. The Balaban J connectivity index is 3.32. The van der Waals surface area contributed by atoms with Crippen LogP contribution in [0.4, 0.5) is 0 Å². The lowest BCUT2D eigenvalue weighted by Crippen LogP contribution is -2.10. The van der Waals surface area contributed by atoms with Crippen molar-refractivity contribution in [3.05, 3.63) is 34.9 Å². The molecule has 0 saturated heterocycles. The number of rotatable bonds is 6. The van der Waals surface area contributed by atoms with Gasteiger partial charge in [0.1, 0.15) is 0 Å². The van der Waals surface area contributed by atoms with Crippen molar-refractivity contribution in [1.82, 2.24) is 0 Å². The summed E-state index contributed by atoms with van der Waals surface area (Å²) in [5.74, 6) is -0.205. The van der Waals surface area contributed by atoms with Crippen molar-refractivity contribution < 1.29 is 14.4 Å². The van der Waals surface area contributed by atoms with E-state index in [2.05, 4.69) is 0 Å². The summed E-state index contributed by atoms with van der Waals surface area (Å²) in [6.45, 7) is 0. The molecule has 0 N–H and O–H groups in total. The number of carbonyl (C=O) groups is 3. The van der Waals surface area contributed by atoms with Crippen LogP contribution in [0.25, 0.3) is 0 Å². The number of carbonyl (C=O) groups excluding carboxylic acids is 3. The van der Waals surface area contributed by atoms with Gasteiger partial charge in [0.15, 0.2) is 17.3 Å². The Labute approximate surface area is 146 Å². The first-order chi connectivity index (χ1) is 8.53. The summed E-state index contributed by atoms with van der Waals surface area (Å²) in [6.07, 6.45) is 0. The smallest absolute Gasteiger partial charge is 0.172 e. The van der Waals surface area contributed by atoms with Gasteiger partial charge in [-0.05, 0) is 18.2 Å². The minimum absolute atomic E-state index is 0.0683. The molecule has 0 amide bonds. The van der Waals surface area contributed by atoms with Gasteiger partial charge in [-0.3, -0.25) is 14.4 Å². The highest BCUT2D eigenvalue weighted by Gasteiger charge is 2.14. The van der Waals surface area contributed by atoms with Crippen LogP contribution in [0.15, 0.2) is 18.2 Å². The number of halogens is 3. The van der Waals surface area contributed by atoms with Crippen LogP contribution in [-0.2, 0) is 0 Å². The molecule has 1 aromatic rings. The molecule has 0 atom stereocenters. The lowest BCUT2D eigenvalue weighted by molar-refractivity contribution is 0.102. The van der Waals surface area contributed by atoms with Gasteiger partial charge in [0.05, 0.1) is 13.3 Å². The fourth-order valence-corrected chi connectivity index (χ4v) is 2.66. The van der Waals surface area contributed by atoms with Crippen molar-refractivity contribution in [2.75, 3.05) is 13.3 Å². The van der Waals surface area contributed by atoms with E-state index in [4.69, 9.17) is 0 Å². The molecule has 0 fully saturated rings. The van der Waals surface area contributed by atoms with Gasteiger partial charge < -0.3 is 0 Å². The molecule has 0 unspecified atom stereocenters. The maximum absolute atomic E-state index is 11.7. The summed E-state index contributed by atoms with van der Waals surface area (Å²) in [5.41, 5.74) is 1.31. The molecule has 1 rings (SSSR count). The van der Waals surface area contributed by atoms with E-state index < -0.39 is 0 Å². The first kappa shape index (κ1) is 16.5. The summed E-state index contributed by atoms with van der Waals surface area (Å²) in [7, 11) is 0. The van der Waals surface area contributed by atoms with E-state index in [1.54, 1.807) is 18.2 Å². The number of benzene rings is 1. The number of ketones is 3. The van der Waals surface area contributed by atoms with Crippen LogP contribution in [0.5, 0.6) is 0 Å². The summed E-state index contributed by atoms with van der Waals surface area (Å²) in [6, 6.07) is 4.73. The van der Waals surface area contributed by atoms with Crippen LogP contribution >= 0.6 is 67.8 Å². The lowest BCUT2D eigenvalue weighted by atomic mass is 9.99.